The van der Waals surface area contributed by atoms with Crippen LogP contribution in [-0.2, 0) is 0 Å². The molecule has 16 heavy (non-hydrogen) atoms. The minimum Gasteiger partial charge on any atom is -0.482 e. The second-order valence-corrected chi connectivity index (χ2v) is 4.24. The standard InChI is InChI=1S/C13H11NO2/c1-8-12(15)10-6-9(7-14)4-5-11(10)16-13(8,2)3/h4-6H,1H2,2-3H3. The lowest BCUT2D eigenvalue weighted by Crippen LogP contribution is -2.38. The summed E-state index contributed by atoms with van der Waals surface area (Å²) in [5.74, 6) is 0.366. The van der Waals surface area contributed by atoms with Crippen LogP contribution in [-0.4, -0.2) is 11.4 Å². The number of hydrogen-bond acceptors (Lipinski definition) is 3. The van der Waals surface area contributed by atoms with Crippen LogP contribution in [0.25, 0.3) is 0 Å². The van der Waals surface area contributed by atoms with Crippen molar-refractivity contribution in [2.24, 2.45) is 0 Å². The Morgan fingerprint density at radius 1 is 1.44 bits per heavy atom. The monoisotopic (exact) mass is 213 g/mol. The molecular weight excluding hydrogens is 202 g/mol. The van der Waals surface area contributed by atoms with E-state index in [1.165, 1.54) is 6.07 Å². The number of fused-ring (bicyclic) bond motifs is 1. The van der Waals surface area contributed by atoms with Gasteiger partial charge in [0.25, 0.3) is 0 Å². The van der Waals surface area contributed by atoms with E-state index in [1.54, 1.807) is 26.0 Å². The first kappa shape index (κ1) is 10.4. The first-order valence-electron chi connectivity index (χ1n) is 4.93. The zero-order valence-corrected chi connectivity index (χ0v) is 9.20. The Kier molecular flexibility index (Phi) is 2.09. The van der Waals surface area contributed by atoms with Gasteiger partial charge < -0.3 is 4.74 Å². The van der Waals surface area contributed by atoms with Crippen LogP contribution < -0.4 is 4.74 Å². The lowest BCUT2D eigenvalue weighted by atomic mass is 9.88. The molecule has 2 rings (SSSR count). The Morgan fingerprint density at radius 2 is 2.12 bits per heavy atom. The van der Waals surface area contributed by atoms with E-state index in [9.17, 15) is 4.79 Å². The van der Waals surface area contributed by atoms with Gasteiger partial charge in [0, 0.05) is 5.57 Å². The molecule has 0 N–H and O–H groups in total. The van der Waals surface area contributed by atoms with Crippen molar-refractivity contribution in [2.45, 2.75) is 19.4 Å². The lowest BCUT2D eigenvalue weighted by Gasteiger charge is -2.33. The van der Waals surface area contributed by atoms with Crippen LogP contribution >= 0.6 is 0 Å². The van der Waals surface area contributed by atoms with E-state index in [-0.39, 0.29) is 5.78 Å². The average molecular weight is 213 g/mol. The maximum atomic E-state index is 12.0. The minimum absolute atomic E-state index is 0.150. The number of nitriles is 1. The Labute approximate surface area is 94.0 Å². The molecule has 0 unspecified atom stereocenters. The highest BCUT2D eigenvalue weighted by Gasteiger charge is 2.36. The maximum absolute atomic E-state index is 12.0. The molecular formula is C13H11NO2. The maximum Gasteiger partial charge on any atom is 0.196 e. The third-order valence-corrected chi connectivity index (χ3v) is 2.72. The molecule has 1 aliphatic rings. The molecule has 1 aliphatic heterocycles. The smallest absolute Gasteiger partial charge is 0.196 e. The molecule has 0 spiro atoms. The lowest BCUT2D eigenvalue weighted by molar-refractivity contribution is 0.0859. The van der Waals surface area contributed by atoms with Crippen LogP contribution in [0, 0.1) is 11.3 Å². The zero-order valence-electron chi connectivity index (χ0n) is 9.20. The van der Waals surface area contributed by atoms with Gasteiger partial charge in [0.2, 0.25) is 0 Å². The quantitative estimate of drug-likeness (QED) is 0.622. The van der Waals surface area contributed by atoms with Gasteiger partial charge in [-0.05, 0) is 32.0 Å². The van der Waals surface area contributed by atoms with Gasteiger partial charge in [-0.15, -0.1) is 0 Å². The van der Waals surface area contributed by atoms with Gasteiger partial charge >= 0.3 is 0 Å². The van der Waals surface area contributed by atoms with Crippen molar-refractivity contribution in [3.05, 3.63) is 41.5 Å². The number of hydrogen-bond donors (Lipinski definition) is 0. The fraction of sp³-hybridized carbons (Fsp3) is 0.231. The van der Waals surface area contributed by atoms with Gasteiger partial charge in [-0.1, -0.05) is 6.58 Å². The molecule has 0 fully saturated rings. The van der Waals surface area contributed by atoms with Crippen LogP contribution in [0.4, 0.5) is 0 Å². The van der Waals surface area contributed by atoms with E-state index >= 15 is 0 Å². The second-order valence-electron chi connectivity index (χ2n) is 4.24. The van der Waals surface area contributed by atoms with Crippen molar-refractivity contribution in [1.29, 1.82) is 5.26 Å². The number of rotatable bonds is 0. The Bertz CT molecular complexity index is 535. The normalized spacial score (nSPS) is 17.3. The van der Waals surface area contributed by atoms with E-state index in [0.29, 0.717) is 22.4 Å². The number of benzene rings is 1. The summed E-state index contributed by atoms with van der Waals surface area (Å²) in [5.41, 5.74) is 0.597. The van der Waals surface area contributed by atoms with Crippen LogP contribution in [0.3, 0.4) is 0 Å². The van der Waals surface area contributed by atoms with Crippen LogP contribution in [0.2, 0.25) is 0 Å². The van der Waals surface area contributed by atoms with Crippen molar-refractivity contribution in [2.75, 3.05) is 0 Å². The van der Waals surface area contributed by atoms with E-state index in [1.807, 2.05) is 6.07 Å². The molecule has 0 saturated heterocycles. The molecule has 1 heterocycles. The van der Waals surface area contributed by atoms with E-state index in [2.05, 4.69) is 6.58 Å². The minimum atomic E-state index is -0.682. The molecule has 1 aromatic carbocycles. The summed E-state index contributed by atoms with van der Waals surface area (Å²) >= 11 is 0. The van der Waals surface area contributed by atoms with Crippen molar-refractivity contribution in [1.82, 2.24) is 0 Å². The highest BCUT2D eigenvalue weighted by Crippen LogP contribution is 2.35. The van der Waals surface area contributed by atoms with Crippen LogP contribution in [0.5, 0.6) is 5.75 Å². The molecule has 0 saturated carbocycles. The summed E-state index contributed by atoms with van der Waals surface area (Å²) in [7, 11) is 0. The average Bonchev–Trinajstić information content (AvgIpc) is 2.25. The highest BCUT2D eigenvalue weighted by atomic mass is 16.5. The molecule has 0 aromatic heterocycles. The first-order valence-corrected chi connectivity index (χ1v) is 4.93. The SMILES string of the molecule is C=C1C(=O)c2cc(C#N)ccc2OC1(C)C. The Morgan fingerprint density at radius 3 is 2.75 bits per heavy atom. The van der Waals surface area contributed by atoms with Crippen molar-refractivity contribution in [3.63, 3.8) is 0 Å². The number of ether oxygens (including phenoxy) is 1. The third-order valence-electron chi connectivity index (χ3n) is 2.72. The fourth-order valence-corrected chi connectivity index (χ4v) is 1.64. The van der Waals surface area contributed by atoms with Gasteiger partial charge in [-0.25, -0.2) is 0 Å². The van der Waals surface area contributed by atoms with Gasteiger partial charge in [0.15, 0.2) is 5.78 Å². The molecule has 1 aromatic rings. The van der Waals surface area contributed by atoms with E-state index < -0.39 is 5.60 Å². The summed E-state index contributed by atoms with van der Waals surface area (Å²) < 4.78 is 5.67. The largest absolute Gasteiger partial charge is 0.482 e. The van der Waals surface area contributed by atoms with Gasteiger partial charge in [0.05, 0.1) is 17.2 Å². The predicted octanol–water partition coefficient (Wildman–Crippen LogP) is 2.47. The summed E-state index contributed by atoms with van der Waals surface area (Å²) in [5, 5.41) is 8.77. The van der Waals surface area contributed by atoms with Crippen LogP contribution in [0.1, 0.15) is 29.8 Å². The molecule has 0 amide bonds. The fourth-order valence-electron chi connectivity index (χ4n) is 1.64. The van der Waals surface area contributed by atoms with Crippen molar-refractivity contribution >= 4 is 5.78 Å². The number of carbonyl (C=O) groups excluding carboxylic acids is 1. The van der Waals surface area contributed by atoms with Crippen molar-refractivity contribution in [3.8, 4) is 11.8 Å². The van der Waals surface area contributed by atoms with E-state index in [0.717, 1.165) is 0 Å². The molecule has 0 aliphatic carbocycles. The number of carbonyl (C=O) groups is 1. The van der Waals surface area contributed by atoms with E-state index in [4.69, 9.17) is 10.00 Å². The summed E-state index contributed by atoms with van der Waals surface area (Å²) in [6.07, 6.45) is 0. The van der Waals surface area contributed by atoms with Crippen LogP contribution in [0.15, 0.2) is 30.4 Å². The van der Waals surface area contributed by atoms with Gasteiger partial charge in [0.1, 0.15) is 11.4 Å². The van der Waals surface area contributed by atoms with Crippen molar-refractivity contribution < 1.29 is 9.53 Å². The molecule has 0 atom stereocenters. The predicted molar refractivity (Wildman–Crippen MR) is 59.3 cm³/mol. The molecule has 80 valence electrons. The topological polar surface area (TPSA) is 50.1 Å². The van der Waals surface area contributed by atoms with Gasteiger partial charge in [-0.3, -0.25) is 4.79 Å². The first-order chi connectivity index (χ1) is 7.45. The zero-order chi connectivity index (χ0) is 11.9. The summed E-state index contributed by atoms with van der Waals surface area (Å²) in [4.78, 5) is 12.0. The number of Topliss-reactive ketones (excluding diaryl/α,β-unsaturated/α-hetero) is 1. The molecule has 0 radical (unpaired) electrons. The Hall–Kier alpha value is -2.08. The second kappa shape index (κ2) is 3.21. The molecule has 0 bridgehead atoms. The number of ketones is 1. The molecule has 3 nitrogen and oxygen atoms in total. The highest BCUT2D eigenvalue weighted by molar-refractivity contribution is 6.12. The Balaban J connectivity index is 2.61. The molecule has 3 heteroatoms. The summed E-state index contributed by atoms with van der Waals surface area (Å²) in [6, 6.07) is 6.82. The summed E-state index contributed by atoms with van der Waals surface area (Å²) in [6.45, 7) is 7.34. The third kappa shape index (κ3) is 1.40. The number of nitrogens with zero attached hydrogens (tertiary/aromatic N) is 1. The van der Waals surface area contributed by atoms with Gasteiger partial charge in [-0.2, -0.15) is 5.26 Å².